The van der Waals surface area contributed by atoms with E-state index >= 15 is 0 Å². The van der Waals surface area contributed by atoms with E-state index in [4.69, 9.17) is 28.9 Å². The van der Waals surface area contributed by atoms with Crippen molar-refractivity contribution >= 4 is 46.7 Å². The smallest absolute Gasteiger partial charge is 0.319 e. The summed E-state index contributed by atoms with van der Waals surface area (Å²) in [6, 6.07) is 12.3. The first-order chi connectivity index (χ1) is 14.1. The van der Waals surface area contributed by atoms with Gasteiger partial charge >= 0.3 is 6.03 Å². The van der Waals surface area contributed by atoms with E-state index in [-0.39, 0.29) is 18.9 Å². The Labute approximate surface area is 185 Å². The monoisotopic (exact) mass is 450 g/mol. The molecule has 1 unspecified atom stereocenters. The summed E-state index contributed by atoms with van der Waals surface area (Å²) in [4.78, 5) is 28.7. The molecule has 0 saturated carbocycles. The number of aliphatic hydroxyl groups excluding tert-OH is 1. The van der Waals surface area contributed by atoms with Crippen LogP contribution in [0.1, 0.15) is 19.4 Å². The van der Waals surface area contributed by atoms with E-state index < -0.39 is 23.4 Å². The number of rotatable bonds is 7. The molecule has 30 heavy (non-hydrogen) atoms. The third-order valence-electron chi connectivity index (χ3n) is 4.32. The molecule has 0 spiro atoms. The maximum atomic E-state index is 12.5. The van der Waals surface area contributed by atoms with E-state index in [0.717, 1.165) is 5.56 Å². The lowest BCUT2D eigenvalue weighted by Gasteiger charge is -2.21. The molecule has 0 saturated heterocycles. The van der Waals surface area contributed by atoms with E-state index in [1.165, 1.54) is 0 Å². The number of urea groups is 1. The fourth-order valence-electron chi connectivity index (χ4n) is 2.36. The summed E-state index contributed by atoms with van der Waals surface area (Å²) < 4.78 is 0. The Morgan fingerprint density at radius 1 is 1.07 bits per heavy atom. The van der Waals surface area contributed by atoms with Crippen LogP contribution in [0, 0.1) is 5.41 Å². The number of amidine groups is 1. The average molecular weight is 451 g/mol. The lowest BCUT2D eigenvalue weighted by Crippen LogP contribution is -2.48. The highest BCUT2D eigenvalue weighted by Crippen LogP contribution is 2.17. The van der Waals surface area contributed by atoms with Gasteiger partial charge in [0.25, 0.3) is 5.91 Å². The molecule has 0 radical (unpaired) electrons. The molecular formula is C21H24Cl2N4O3. The molecule has 0 aliphatic carbocycles. The minimum absolute atomic E-state index is 0.0669. The van der Waals surface area contributed by atoms with E-state index in [1.807, 2.05) is 0 Å². The lowest BCUT2D eigenvalue weighted by molar-refractivity contribution is -0.127. The van der Waals surface area contributed by atoms with Crippen molar-refractivity contribution in [2.45, 2.75) is 26.3 Å². The van der Waals surface area contributed by atoms with Crippen LogP contribution in [0.5, 0.6) is 0 Å². The normalized spacial score (nSPS) is 12.9. The number of hydrogen-bond acceptors (Lipinski definition) is 3. The van der Waals surface area contributed by atoms with Crippen LogP contribution in [0.2, 0.25) is 10.0 Å². The Hall–Kier alpha value is -2.61. The third-order valence-corrected chi connectivity index (χ3v) is 4.83. The van der Waals surface area contributed by atoms with Gasteiger partial charge in [-0.3, -0.25) is 4.79 Å². The number of benzene rings is 2. The predicted octanol–water partition coefficient (Wildman–Crippen LogP) is 3.63. The third kappa shape index (κ3) is 7.02. The number of nitrogens with zero attached hydrogens (tertiary/aromatic N) is 1. The summed E-state index contributed by atoms with van der Waals surface area (Å²) in [5.41, 5.74) is 6.36. The highest BCUT2D eigenvalue weighted by Gasteiger charge is 2.28. The van der Waals surface area contributed by atoms with Gasteiger partial charge in [-0.05, 0) is 62.2 Å². The molecule has 0 fully saturated rings. The van der Waals surface area contributed by atoms with Crippen molar-refractivity contribution in [1.82, 2.24) is 5.32 Å². The number of nitrogens with two attached hydrogens (primary N) is 1. The van der Waals surface area contributed by atoms with E-state index in [0.29, 0.717) is 15.7 Å². The molecule has 5 N–H and O–H groups in total. The molecule has 2 aromatic carbocycles. The van der Waals surface area contributed by atoms with Gasteiger partial charge in [-0.15, -0.1) is 0 Å². The number of anilines is 1. The molecule has 2 rings (SSSR count). The molecule has 0 aromatic heterocycles. The second-order valence-electron chi connectivity index (χ2n) is 7.37. The van der Waals surface area contributed by atoms with Crippen LogP contribution in [0.15, 0.2) is 53.5 Å². The standard InChI is InChI=1S/C21H24Cl2N4O3/c1-21(2,12-28)19(29)27-18(24)17(11-13-3-5-14(22)6-4-13)26-20(30)25-16-9-7-15(23)8-10-16/h3-10,17,28H,11-12H2,1-2H3,(H2,24,27,29)(H2,25,26,30). The first kappa shape index (κ1) is 23.7. The summed E-state index contributed by atoms with van der Waals surface area (Å²) in [5.74, 6) is -0.647. The Balaban J connectivity index is 2.21. The maximum absolute atomic E-state index is 12.5. The Morgan fingerprint density at radius 2 is 1.60 bits per heavy atom. The van der Waals surface area contributed by atoms with Gasteiger partial charge in [0, 0.05) is 15.7 Å². The van der Waals surface area contributed by atoms with Gasteiger partial charge in [0.1, 0.15) is 5.84 Å². The fourth-order valence-corrected chi connectivity index (χ4v) is 2.61. The SMILES string of the molecule is CC(C)(CO)C(=O)N=C(N)C(Cc1ccc(Cl)cc1)NC(=O)Nc1ccc(Cl)cc1. The van der Waals surface area contributed by atoms with E-state index in [2.05, 4.69) is 15.6 Å². The summed E-state index contributed by atoms with van der Waals surface area (Å²) >= 11 is 11.8. The predicted molar refractivity (Wildman–Crippen MR) is 120 cm³/mol. The number of hydrogen-bond donors (Lipinski definition) is 4. The van der Waals surface area contributed by atoms with E-state index in [1.54, 1.807) is 62.4 Å². The molecule has 0 heterocycles. The molecular weight excluding hydrogens is 427 g/mol. The molecule has 3 amide bonds. The van der Waals surface area contributed by atoms with E-state index in [9.17, 15) is 14.7 Å². The molecule has 1 atom stereocenters. The first-order valence-electron chi connectivity index (χ1n) is 9.17. The largest absolute Gasteiger partial charge is 0.395 e. The minimum atomic E-state index is -1.08. The Kier molecular flexibility index (Phi) is 8.23. The van der Waals surface area contributed by atoms with Crippen molar-refractivity contribution in [2.75, 3.05) is 11.9 Å². The van der Waals surface area contributed by atoms with Gasteiger partial charge < -0.3 is 21.5 Å². The van der Waals surface area contributed by atoms with Gasteiger partial charge in [0.05, 0.1) is 18.1 Å². The molecule has 2 aromatic rings. The Morgan fingerprint density at radius 3 is 2.13 bits per heavy atom. The van der Waals surface area contributed by atoms with Crippen LogP contribution in [-0.2, 0) is 11.2 Å². The van der Waals surface area contributed by atoms with Gasteiger partial charge in [0.2, 0.25) is 0 Å². The number of halogens is 2. The summed E-state index contributed by atoms with van der Waals surface area (Å²) in [6.07, 6.45) is 0.285. The first-order valence-corrected chi connectivity index (χ1v) is 9.93. The molecule has 0 aliphatic rings. The Bertz CT molecular complexity index is 913. The number of carbonyl (C=O) groups is 2. The molecule has 7 nitrogen and oxygen atoms in total. The van der Waals surface area contributed by atoms with Crippen LogP contribution >= 0.6 is 23.2 Å². The van der Waals surface area contributed by atoms with Crippen molar-refractivity contribution < 1.29 is 14.7 Å². The number of carbonyl (C=O) groups excluding carboxylic acids is 2. The molecule has 9 heteroatoms. The zero-order valence-corrected chi connectivity index (χ0v) is 18.2. The van der Waals surface area contributed by atoms with Gasteiger partial charge in [-0.1, -0.05) is 35.3 Å². The summed E-state index contributed by atoms with van der Waals surface area (Å²) in [6.45, 7) is 2.73. The summed E-state index contributed by atoms with van der Waals surface area (Å²) in [7, 11) is 0. The highest BCUT2D eigenvalue weighted by molar-refractivity contribution is 6.30. The number of nitrogens with one attached hydrogen (secondary N) is 2. The average Bonchev–Trinajstić information content (AvgIpc) is 2.70. The highest BCUT2D eigenvalue weighted by atomic mass is 35.5. The minimum Gasteiger partial charge on any atom is -0.395 e. The van der Waals surface area contributed by atoms with Crippen LogP contribution < -0.4 is 16.4 Å². The van der Waals surface area contributed by atoms with Gasteiger partial charge in [-0.2, -0.15) is 4.99 Å². The number of aliphatic imine (C=N–C) groups is 1. The quantitative estimate of drug-likeness (QED) is 0.380. The lowest BCUT2D eigenvalue weighted by atomic mass is 9.94. The topological polar surface area (TPSA) is 117 Å². The van der Waals surface area contributed by atoms with Crippen molar-refractivity contribution in [3.05, 3.63) is 64.1 Å². The van der Waals surface area contributed by atoms with Crippen LogP contribution in [0.3, 0.4) is 0 Å². The molecule has 0 bridgehead atoms. The van der Waals surface area contributed by atoms with Gasteiger partial charge in [-0.25, -0.2) is 4.79 Å². The van der Waals surface area contributed by atoms with Crippen molar-refractivity contribution in [2.24, 2.45) is 16.1 Å². The van der Waals surface area contributed by atoms with Crippen molar-refractivity contribution in [1.29, 1.82) is 0 Å². The second-order valence-corrected chi connectivity index (χ2v) is 8.25. The fraction of sp³-hybridized carbons (Fsp3) is 0.286. The molecule has 0 aliphatic heterocycles. The maximum Gasteiger partial charge on any atom is 0.319 e. The van der Waals surface area contributed by atoms with Crippen LogP contribution in [0.25, 0.3) is 0 Å². The van der Waals surface area contributed by atoms with Crippen molar-refractivity contribution in [3.8, 4) is 0 Å². The van der Waals surface area contributed by atoms with Crippen LogP contribution in [-0.4, -0.2) is 35.5 Å². The summed E-state index contributed by atoms with van der Waals surface area (Å²) in [5, 5.41) is 15.9. The van der Waals surface area contributed by atoms with Crippen molar-refractivity contribution in [3.63, 3.8) is 0 Å². The molecule has 160 valence electrons. The number of amides is 3. The van der Waals surface area contributed by atoms with Crippen LogP contribution in [0.4, 0.5) is 10.5 Å². The second kappa shape index (κ2) is 10.4. The van der Waals surface area contributed by atoms with Gasteiger partial charge in [0.15, 0.2) is 0 Å². The zero-order valence-electron chi connectivity index (χ0n) is 16.7. The number of aliphatic hydroxyl groups is 1. The zero-order chi connectivity index (χ0) is 22.3.